The lowest BCUT2D eigenvalue weighted by molar-refractivity contribution is -0.165. The van der Waals surface area contributed by atoms with Crippen LogP contribution in [0.4, 0.5) is 13.2 Å². The molecular weight excluding hydrogens is 405 g/mol. The monoisotopic (exact) mass is 436 g/mol. The molecule has 2 fully saturated rings. The second-order valence-corrected chi connectivity index (χ2v) is 9.59. The van der Waals surface area contributed by atoms with Crippen LogP contribution in [0.2, 0.25) is 0 Å². The molecule has 1 saturated heterocycles. The van der Waals surface area contributed by atoms with E-state index in [2.05, 4.69) is 12.1 Å². The molecule has 0 bridgehead atoms. The average Bonchev–Trinajstić information content (AvgIpc) is 2.84. The number of benzene rings is 1. The van der Waals surface area contributed by atoms with Gasteiger partial charge < -0.3 is 9.80 Å². The van der Waals surface area contributed by atoms with Gasteiger partial charge in [-0.05, 0) is 49.1 Å². The second kappa shape index (κ2) is 8.83. The van der Waals surface area contributed by atoms with Crippen molar-refractivity contribution in [3.8, 4) is 0 Å². The first kappa shape index (κ1) is 22.2. The van der Waals surface area contributed by atoms with Crippen LogP contribution in [0.15, 0.2) is 24.3 Å². The number of rotatable bonds is 3. The summed E-state index contributed by atoms with van der Waals surface area (Å²) < 4.78 is 38.0. The summed E-state index contributed by atoms with van der Waals surface area (Å²) in [6.07, 6.45) is 1.51. The van der Waals surface area contributed by atoms with E-state index < -0.39 is 23.9 Å². The Bertz CT molecular complexity index is 809. The summed E-state index contributed by atoms with van der Waals surface area (Å²) in [7, 11) is 0. The van der Waals surface area contributed by atoms with Gasteiger partial charge in [0.05, 0.1) is 5.41 Å². The summed E-state index contributed by atoms with van der Waals surface area (Å²) >= 11 is 0. The predicted molar refractivity (Wildman–Crippen MR) is 111 cm³/mol. The lowest BCUT2D eigenvalue weighted by atomic mass is 9.72. The number of carbonyl (C=O) groups is 2. The lowest BCUT2D eigenvalue weighted by Gasteiger charge is -2.43. The summed E-state index contributed by atoms with van der Waals surface area (Å²) in [5.41, 5.74) is 1.69. The smallest absolute Gasteiger partial charge is 0.342 e. The number of halogens is 3. The molecule has 1 spiro atoms. The normalized spacial score (nSPS) is 22.4. The number of hydrogen-bond donors (Lipinski definition) is 0. The number of amides is 2. The van der Waals surface area contributed by atoms with E-state index in [9.17, 15) is 22.8 Å². The fourth-order valence-electron chi connectivity index (χ4n) is 5.62. The van der Waals surface area contributed by atoms with Crippen LogP contribution < -0.4 is 0 Å². The van der Waals surface area contributed by atoms with Gasteiger partial charge >= 0.3 is 6.18 Å². The maximum Gasteiger partial charge on any atom is 0.397 e. The molecule has 3 aliphatic rings. The first-order chi connectivity index (χ1) is 14.8. The molecule has 0 aromatic heterocycles. The summed E-state index contributed by atoms with van der Waals surface area (Å²) in [6, 6.07) is 8.13. The fraction of sp³-hybridized carbons (Fsp3) is 0.667. The van der Waals surface area contributed by atoms with E-state index in [4.69, 9.17) is 0 Å². The zero-order chi connectivity index (χ0) is 22.1. The summed E-state index contributed by atoms with van der Waals surface area (Å²) in [4.78, 5) is 29.2. The maximum absolute atomic E-state index is 13.8. The van der Waals surface area contributed by atoms with E-state index in [-0.39, 0.29) is 19.0 Å². The van der Waals surface area contributed by atoms with Crippen LogP contribution in [-0.4, -0.2) is 47.4 Å². The van der Waals surface area contributed by atoms with Crippen molar-refractivity contribution in [3.63, 3.8) is 0 Å². The molecule has 0 atom stereocenters. The van der Waals surface area contributed by atoms with Gasteiger partial charge in [-0.1, -0.05) is 43.5 Å². The third-order valence-corrected chi connectivity index (χ3v) is 7.38. The maximum atomic E-state index is 13.8. The van der Waals surface area contributed by atoms with Crippen molar-refractivity contribution in [3.05, 3.63) is 35.4 Å². The Morgan fingerprint density at radius 2 is 1.68 bits per heavy atom. The largest absolute Gasteiger partial charge is 0.397 e. The molecular formula is C24H31F3N2O2. The first-order valence-corrected chi connectivity index (χ1v) is 11.5. The molecule has 170 valence electrons. The quantitative estimate of drug-likeness (QED) is 0.688. The minimum Gasteiger partial charge on any atom is -0.342 e. The van der Waals surface area contributed by atoms with Crippen LogP contribution >= 0.6 is 0 Å². The van der Waals surface area contributed by atoms with Crippen LogP contribution in [0, 0.1) is 11.3 Å². The number of alkyl halides is 3. The van der Waals surface area contributed by atoms with Crippen LogP contribution in [0.25, 0.3) is 0 Å². The highest BCUT2D eigenvalue weighted by Gasteiger charge is 2.47. The van der Waals surface area contributed by atoms with Gasteiger partial charge in [-0.2, -0.15) is 13.2 Å². The highest BCUT2D eigenvalue weighted by Crippen LogP contribution is 2.41. The molecule has 1 aliphatic carbocycles. The summed E-state index contributed by atoms with van der Waals surface area (Å²) in [5.74, 6) is -0.242. The van der Waals surface area contributed by atoms with Crippen molar-refractivity contribution in [2.45, 2.75) is 70.5 Å². The third kappa shape index (κ3) is 5.07. The minimum atomic E-state index is -4.50. The molecule has 1 saturated carbocycles. The lowest BCUT2D eigenvalue weighted by Crippen LogP contribution is -2.52. The van der Waals surface area contributed by atoms with Gasteiger partial charge in [-0.15, -0.1) is 0 Å². The minimum absolute atomic E-state index is 0.122. The average molecular weight is 437 g/mol. The number of likely N-dealkylation sites (tertiary alicyclic amines) is 1. The highest BCUT2D eigenvalue weighted by atomic mass is 19.4. The van der Waals surface area contributed by atoms with Crippen molar-refractivity contribution >= 4 is 11.8 Å². The van der Waals surface area contributed by atoms with Gasteiger partial charge in [-0.25, -0.2) is 0 Å². The van der Waals surface area contributed by atoms with Gasteiger partial charge in [0.15, 0.2) is 0 Å². The zero-order valence-electron chi connectivity index (χ0n) is 17.9. The molecule has 0 N–H and O–H groups in total. The van der Waals surface area contributed by atoms with Crippen molar-refractivity contribution in [1.82, 2.24) is 9.80 Å². The number of piperidine rings is 1. The molecule has 1 aromatic carbocycles. The molecule has 7 heteroatoms. The number of carbonyl (C=O) groups excluding carboxylic acids is 2. The predicted octanol–water partition coefficient (Wildman–Crippen LogP) is 4.71. The van der Waals surface area contributed by atoms with Gasteiger partial charge in [0, 0.05) is 26.2 Å². The molecule has 2 heterocycles. The van der Waals surface area contributed by atoms with E-state index in [0.717, 1.165) is 24.9 Å². The van der Waals surface area contributed by atoms with Crippen LogP contribution in [0.1, 0.15) is 62.5 Å². The Balaban J connectivity index is 1.53. The molecule has 1 aromatic rings. The van der Waals surface area contributed by atoms with Crippen molar-refractivity contribution in [2.75, 3.05) is 19.6 Å². The Kier molecular flexibility index (Phi) is 6.31. The third-order valence-electron chi connectivity index (χ3n) is 7.38. The zero-order valence-corrected chi connectivity index (χ0v) is 17.9. The molecule has 0 radical (unpaired) electrons. The van der Waals surface area contributed by atoms with Crippen molar-refractivity contribution in [1.29, 1.82) is 0 Å². The van der Waals surface area contributed by atoms with Gasteiger partial charge in [-0.3, -0.25) is 9.59 Å². The van der Waals surface area contributed by atoms with E-state index in [0.29, 0.717) is 31.7 Å². The Morgan fingerprint density at radius 3 is 2.32 bits per heavy atom. The number of nitrogens with zero attached hydrogens (tertiary/aromatic N) is 2. The summed E-state index contributed by atoms with van der Waals surface area (Å²) in [5, 5.41) is 0. The van der Waals surface area contributed by atoms with Crippen molar-refractivity contribution in [2.24, 2.45) is 11.3 Å². The van der Waals surface area contributed by atoms with E-state index in [1.165, 1.54) is 29.7 Å². The molecule has 4 nitrogen and oxygen atoms in total. The number of fused-ring (bicyclic) bond motifs is 1. The van der Waals surface area contributed by atoms with Crippen molar-refractivity contribution < 1.29 is 22.8 Å². The fourth-order valence-corrected chi connectivity index (χ4v) is 5.62. The van der Waals surface area contributed by atoms with E-state index in [1.807, 2.05) is 17.0 Å². The molecule has 31 heavy (non-hydrogen) atoms. The SMILES string of the molecule is O=C(CC(F)(F)F)N1CCC2(CC1)Cc1ccccc1CN(CC1CCCCC1)C2=O. The topological polar surface area (TPSA) is 40.6 Å². The standard InChI is InChI=1S/C24H31F3N2O2/c25-24(26,27)15-21(30)28-12-10-23(11-13-28)14-19-8-4-5-9-20(19)17-29(22(23)31)16-18-6-2-1-3-7-18/h4-5,8-9,18H,1-3,6-7,10-17H2. The molecule has 0 unspecified atom stereocenters. The van der Waals surface area contributed by atoms with E-state index in [1.54, 1.807) is 0 Å². The highest BCUT2D eigenvalue weighted by molar-refractivity contribution is 5.85. The first-order valence-electron chi connectivity index (χ1n) is 11.5. The van der Waals surface area contributed by atoms with Gasteiger partial charge in [0.2, 0.25) is 11.8 Å². The van der Waals surface area contributed by atoms with E-state index >= 15 is 0 Å². The molecule has 2 amide bonds. The number of hydrogen-bond acceptors (Lipinski definition) is 2. The van der Waals surface area contributed by atoms with Crippen LogP contribution in [0.3, 0.4) is 0 Å². The molecule has 2 aliphatic heterocycles. The molecule has 4 rings (SSSR count). The summed E-state index contributed by atoms with van der Waals surface area (Å²) in [6.45, 7) is 1.77. The Morgan fingerprint density at radius 1 is 1.03 bits per heavy atom. The van der Waals surface area contributed by atoms with Gasteiger partial charge in [0.1, 0.15) is 6.42 Å². The Labute approximate surface area is 181 Å². The van der Waals surface area contributed by atoms with Crippen LogP contribution in [-0.2, 0) is 22.6 Å². The van der Waals surface area contributed by atoms with Crippen LogP contribution in [0.5, 0.6) is 0 Å². The second-order valence-electron chi connectivity index (χ2n) is 9.59. The Hall–Kier alpha value is -2.05. The van der Waals surface area contributed by atoms with Gasteiger partial charge in [0.25, 0.3) is 0 Å².